The van der Waals surface area contributed by atoms with Crippen LogP contribution < -0.4 is 5.73 Å². The third kappa shape index (κ3) is 3.43. The molecule has 0 aliphatic carbocycles. The zero-order valence-corrected chi connectivity index (χ0v) is 9.75. The maximum atomic E-state index is 13.3. The number of esters is 1. The molecule has 0 spiro atoms. The molecule has 0 atom stereocenters. The molecule has 1 aromatic rings. The second-order valence-electron chi connectivity index (χ2n) is 3.45. The van der Waals surface area contributed by atoms with E-state index >= 15 is 0 Å². The number of rotatable bonds is 5. The molecule has 0 aromatic carbocycles. The van der Waals surface area contributed by atoms with Gasteiger partial charge in [0.05, 0.1) is 18.7 Å². The van der Waals surface area contributed by atoms with Crippen molar-refractivity contribution in [2.75, 3.05) is 6.61 Å². The molecule has 0 saturated carbocycles. The van der Waals surface area contributed by atoms with Gasteiger partial charge in [0, 0.05) is 6.54 Å². The second-order valence-corrected chi connectivity index (χ2v) is 3.45. The Morgan fingerprint density at radius 2 is 2.22 bits per heavy atom. The van der Waals surface area contributed by atoms with E-state index in [1.54, 1.807) is 6.92 Å². The topological polar surface area (TPSA) is 65.2 Å². The van der Waals surface area contributed by atoms with E-state index in [0.717, 1.165) is 6.07 Å². The fourth-order valence-electron chi connectivity index (χ4n) is 1.43. The largest absolute Gasteiger partial charge is 0.466 e. The van der Waals surface area contributed by atoms with Crippen LogP contribution >= 0.6 is 0 Å². The molecule has 7 heteroatoms. The minimum absolute atomic E-state index is 0.0692. The molecule has 0 fully saturated rings. The van der Waals surface area contributed by atoms with E-state index in [2.05, 4.69) is 9.72 Å². The number of pyridine rings is 1. The van der Waals surface area contributed by atoms with Crippen molar-refractivity contribution in [1.29, 1.82) is 0 Å². The molecule has 0 unspecified atom stereocenters. The summed E-state index contributed by atoms with van der Waals surface area (Å²) in [6, 6.07) is 0.855. The Balaban J connectivity index is 3.05. The van der Waals surface area contributed by atoms with Crippen molar-refractivity contribution >= 4 is 5.97 Å². The molecule has 0 amide bonds. The van der Waals surface area contributed by atoms with Crippen molar-refractivity contribution in [2.45, 2.75) is 26.3 Å². The van der Waals surface area contributed by atoms with Crippen molar-refractivity contribution in [3.63, 3.8) is 0 Å². The van der Waals surface area contributed by atoms with Gasteiger partial charge in [-0.1, -0.05) is 0 Å². The van der Waals surface area contributed by atoms with E-state index in [1.807, 2.05) is 0 Å². The normalized spacial score (nSPS) is 10.8. The number of halogens is 3. The predicted molar refractivity (Wildman–Crippen MR) is 57.4 cm³/mol. The quantitative estimate of drug-likeness (QED) is 0.820. The van der Waals surface area contributed by atoms with E-state index in [4.69, 9.17) is 5.73 Å². The van der Waals surface area contributed by atoms with Crippen LogP contribution in [0.3, 0.4) is 0 Å². The van der Waals surface area contributed by atoms with Gasteiger partial charge in [0.2, 0.25) is 0 Å². The molecule has 0 aliphatic rings. The maximum Gasteiger partial charge on any atom is 0.310 e. The lowest BCUT2D eigenvalue weighted by atomic mass is 10.1. The first kappa shape index (κ1) is 14.4. The van der Waals surface area contributed by atoms with Crippen LogP contribution in [0.5, 0.6) is 0 Å². The standard InChI is InChI=1S/C11H13F3N2O2/c1-2-18-9(17)4-6-3-7(12)10(11(13)14)16-8(6)5-15/h3,11H,2,4-5,15H2,1H3. The predicted octanol–water partition coefficient (Wildman–Crippen LogP) is 1.72. The van der Waals surface area contributed by atoms with E-state index in [-0.39, 0.29) is 30.8 Å². The number of carbonyl (C=O) groups is 1. The van der Waals surface area contributed by atoms with Crippen molar-refractivity contribution in [3.05, 3.63) is 28.8 Å². The fourth-order valence-corrected chi connectivity index (χ4v) is 1.43. The number of nitrogens with two attached hydrogens (primary N) is 1. The lowest BCUT2D eigenvalue weighted by Gasteiger charge is -2.10. The van der Waals surface area contributed by atoms with Gasteiger partial charge in [-0.05, 0) is 18.6 Å². The molecule has 1 aromatic heterocycles. The first-order chi connectivity index (χ1) is 8.49. The molecule has 2 N–H and O–H groups in total. The summed E-state index contributed by atoms with van der Waals surface area (Å²) < 4.78 is 42.9. The lowest BCUT2D eigenvalue weighted by molar-refractivity contribution is -0.142. The average Bonchev–Trinajstić information content (AvgIpc) is 2.29. The number of aromatic nitrogens is 1. The smallest absolute Gasteiger partial charge is 0.310 e. The maximum absolute atomic E-state index is 13.3. The monoisotopic (exact) mass is 262 g/mol. The van der Waals surface area contributed by atoms with Gasteiger partial charge in [-0.15, -0.1) is 0 Å². The zero-order chi connectivity index (χ0) is 13.7. The summed E-state index contributed by atoms with van der Waals surface area (Å²) in [5.41, 5.74) is 4.62. The number of hydrogen-bond acceptors (Lipinski definition) is 4. The zero-order valence-electron chi connectivity index (χ0n) is 9.75. The van der Waals surface area contributed by atoms with Crippen LogP contribution in [0, 0.1) is 5.82 Å². The minimum atomic E-state index is -3.02. The first-order valence-corrected chi connectivity index (χ1v) is 5.31. The molecule has 4 nitrogen and oxygen atoms in total. The molecule has 0 bridgehead atoms. The molecular weight excluding hydrogens is 249 g/mol. The molecule has 0 saturated heterocycles. The summed E-state index contributed by atoms with van der Waals surface area (Å²) >= 11 is 0. The molecule has 100 valence electrons. The Morgan fingerprint density at radius 3 is 2.72 bits per heavy atom. The Hall–Kier alpha value is -1.63. The van der Waals surface area contributed by atoms with Gasteiger partial charge in [-0.3, -0.25) is 4.79 Å². The van der Waals surface area contributed by atoms with Gasteiger partial charge in [0.15, 0.2) is 5.82 Å². The van der Waals surface area contributed by atoms with Crippen LogP contribution in [0.25, 0.3) is 0 Å². The fraction of sp³-hybridized carbons (Fsp3) is 0.455. The van der Waals surface area contributed by atoms with Crippen molar-refractivity contribution in [2.24, 2.45) is 5.73 Å². The van der Waals surface area contributed by atoms with E-state index < -0.39 is 23.9 Å². The van der Waals surface area contributed by atoms with E-state index in [1.165, 1.54) is 0 Å². The summed E-state index contributed by atoms with van der Waals surface area (Å²) in [4.78, 5) is 14.7. The molecule has 18 heavy (non-hydrogen) atoms. The summed E-state index contributed by atoms with van der Waals surface area (Å²) in [5, 5.41) is 0. The minimum Gasteiger partial charge on any atom is -0.466 e. The SMILES string of the molecule is CCOC(=O)Cc1cc(F)c(C(F)F)nc1CN. The average molecular weight is 262 g/mol. The Bertz CT molecular complexity index is 439. The Labute approximate surface area is 102 Å². The first-order valence-electron chi connectivity index (χ1n) is 5.31. The van der Waals surface area contributed by atoms with Gasteiger partial charge >= 0.3 is 5.97 Å². The van der Waals surface area contributed by atoms with Crippen molar-refractivity contribution in [1.82, 2.24) is 4.98 Å². The van der Waals surface area contributed by atoms with Crippen LogP contribution in [0.15, 0.2) is 6.07 Å². The highest BCUT2D eigenvalue weighted by Gasteiger charge is 2.19. The molecular formula is C11H13F3N2O2. The number of nitrogens with zero attached hydrogens (tertiary/aromatic N) is 1. The number of alkyl halides is 2. The van der Waals surface area contributed by atoms with Gasteiger partial charge < -0.3 is 10.5 Å². The third-order valence-corrected chi connectivity index (χ3v) is 2.21. The van der Waals surface area contributed by atoms with Gasteiger partial charge in [0.1, 0.15) is 5.69 Å². The van der Waals surface area contributed by atoms with Crippen LogP contribution in [0.1, 0.15) is 30.3 Å². The van der Waals surface area contributed by atoms with Crippen molar-refractivity contribution in [3.8, 4) is 0 Å². The number of hydrogen-bond donors (Lipinski definition) is 1. The third-order valence-electron chi connectivity index (χ3n) is 2.21. The molecule has 0 aliphatic heterocycles. The van der Waals surface area contributed by atoms with Gasteiger partial charge in [-0.25, -0.2) is 18.2 Å². The summed E-state index contributed by atoms with van der Waals surface area (Å²) in [7, 11) is 0. The number of ether oxygens (including phenoxy) is 1. The highest BCUT2D eigenvalue weighted by Crippen LogP contribution is 2.22. The number of carbonyl (C=O) groups excluding carboxylic acids is 1. The van der Waals surface area contributed by atoms with Crippen LogP contribution in [0.4, 0.5) is 13.2 Å². The summed E-state index contributed by atoms with van der Waals surface area (Å²) in [5.74, 6) is -1.74. The van der Waals surface area contributed by atoms with E-state index in [9.17, 15) is 18.0 Å². The highest BCUT2D eigenvalue weighted by molar-refractivity contribution is 5.72. The van der Waals surface area contributed by atoms with Gasteiger partial charge in [-0.2, -0.15) is 0 Å². The van der Waals surface area contributed by atoms with E-state index in [0.29, 0.717) is 0 Å². The second kappa shape index (κ2) is 6.34. The molecule has 1 rings (SSSR count). The Morgan fingerprint density at radius 1 is 1.56 bits per heavy atom. The van der Waals surface area contributed by atoms with Crippen LogP contribution in [-0.2, 0) is 22.5 Å². The highest BCUT2D eigenvalue weighted by atomic mass is 19.3. The lowest BCUT2D eigenvalue weighted by Crippen LogP contribution is -2.14. The Kier molecular flexibility index (Phi) is 5.08. The van der Waals surface area contributed by atoms with Crippen LogP contribution in [0.2, 0.25) is 0 Å². The molecule has 1 heterocycles. The van der Waals surface area contributed by atoms with Crippen LogP contribution in [-0.4, -0.2) is 17.6 Å². The molecule has 0 radical (unpaired) electrons. The summed E-state index contributed by atoms with van der Waals surface area (Å²) in [6.45, 7) is 1.65. The van der Waals surface area contributed by atoms with Gasteiger partial charge in [0.25, 0.3) is 6.43 Å². The summed E-state index contributed by atoms with van der Waals surface area (Å²) in [6.07, 6.45) is -3.26. The van der Waals surface area contributed by atoms with Crippen molar-refractivity contribution < 1.29 is 22.7 Å².